The Morgan fingerprint density at radius 1 is 1.23 bits per heavy atom. The molecule has 0 aromatic carbocycles. The topological polar surface area (TPSA) is 39.7 Å². The normalized spacial score (nSPS) is 24.1. The molecule has 4 nitrogen and oxygen atoms in total. The summed E-state index contributed by atoms with van der Waals surface area (Å²) >= 11 is 2.10. The Balaban J connectivity index is 0.00000242. The average Bonchev–Trinajstić information content (AvgIpc) is 3.18. The summed E-state index contributed by atoms with van der Waals surface area (Å²) in [5.74, 6) is 2.33. The van der Waals surface area contributed by atoms with Crippen LogP contribution < -0.4 is 10.6 Å². The average molecular weight is 440 g/mol. The van der Waals surface area contributed by atoms with E-state index >= 15 is 0 Å². The van der Waals surface area contributed by atoms with Gasteiger partial charge in [-0.05, 0) is 57.9 Å². The van der Waals surface area contributed by atoms with Crippen LogP contribution in [0.1, 0.15) is 46.0 Å². The molecule has 2 aliphatic heterocycles. The Morgan fingerprint density at radius 3 is 2.59 bits per heavy atom. The standard InChI is InChI=1S/C16H32N4S.HI/c1-3-14(20-9-5-6-10-20)12-18-16(17-4-2)19-13-15-8-7-11-21-15;/h14-15H,3-13H2,1-2H3,(H2,17,18,19);1H. The predicted octanol–water partition coefficient (Wildman–Crippen LogP) is 2.93. The summed E-state index contributed by atoms with van der Waals surface area (Å²) in [6.07, 6.45) is 6.64. The highest BCUT2D eigenvalue weighted by Crippen LogP contribution is 2.25. The van der Waals surface area contributed by atoms with E-state index in [0.717, 1.165) is 30.8 Å². The summed E-state index contributed by atoms with van der Waals surface area (Å²) in [6.45, 7) is 9.85. The van der Waals surface area contributed by atoms with Gasteiger partial charge in [0.25, 0.3) is 0 Å². The molecule has 0 radical (unpaired) electrons. The second-order valence-electron chi connectivity index (χ2n) is 6.04. The highest BCUT2D eigenvalue weighted by Gasteiger charge is 2.20. The Bertz CT molecular complexity index is 315. The van der Waals surface area contributed by atoms with Gasteiger partial charge in [0.2, 0.25) is 0 Å². The summed E-state index contributed by atoms with van der Waals surface area (Å²) < 4.78 is 0. The van der Waals surface area contributed by atoms with E-state index in [1.807, 2.05) is 0 Å². The molecule has 2 unspecified atom stereocenters. The smallest absolute Gasteiger partial charge is 0.191 e. The lowest BCUT2D eigenvalue weighted by Crippen LogP contribution is -2.42. The first-order valence-corrected chi connectivity index (χ1v) is 9.76. The molecule has 2 heterocycles. The van der Waals surface area contributed by atoms with Crippen molar-refractivity contribution in [1.29, 1.82) is 0 Å². The van der Waals surface area contributed by atoms with Crippen molar-refractivity contribution < 1.29 is 0 Å². The van der Waals surface area contributed by atoms with Crippen LogP contribution in [0.2, 0.25) is 0 Å². The van der Waals surface area contributed by atoms with E-state index in [9.17, 15) is 0 Å². The third kappa shape index (κ3) is 6.83. The van der Waals surface area contributed by atoms with E-state index in [4.69, 9.17) is 4.99 Å². The van der Waals surface area contributed by atoms with Crippen molar-refractivity contribution in [1.82, 2.24) is 15.5 Å². The second-order valence-corrected chi connectivity index (χ2v) is 7.45. The van der Waals surface area contributed by atoms with Crippen molar-refractivity contribution in [2.75, 3.05) is 38.5 Å². The third-order valence-electron chi connectivity index (χ3n) is 4.45. The third-order valence-corrected chi connectivity index (χ3v) is 5.85. The van der Waals surface area contributed by atoms with Crippen LogP contribution in [0, 0.1) is 0 Å². The number of halogens is 1. The van der Waals surface area contributed by atoms with E-state index in [0.29, 0.717) is 6.04 Å². The van der Waals surface area contributed by atoms with Crippen LogP contribution in [0.15, 0.2) is 4.99 Å². The fourth-order valence-electron chi connectivity index (χ4n) is 3.16. The number of nitrogens with one attached hydrogen (secondary N) is 2. The van der Waals surface area contributed by atoms with E-state index in [1.165, 1.54) is 50.9 Å². The summed E-state index contributed by atoms with van der Waals surface area (Å²) in [4.78, 5) is 7.44. The van der Waals surface area contributed by atoms with Crippen LogP contribution in [0.5, 0.6) is 0 Å². The van der Waals surface area contributed by atoms with Gasteiger partial charge in [0.15, 0.2) is 5.96 Å². The summed E-state index contributed by atoms with van der Waals surface area (Å²) in [5, 5.41) is 7.69. The molecule has 0 aromatic rings. The van der Waals surface area contributed by atoms with Gasteiger partial charge in [0.1, 0.15) is 0 Å². The quantitative estimate of drug-likeness (QED) is 0.363. The number of hydrogen-bond donors (Lipinski definition) is 2. The molecule has 130 valence electrons. The maximum absolute atomic E-state index is 4.83. The molecule has 6 heteroatoms. The maximum atomic E-state index is 4.83. The van der Waals surface area contributed by atoms with Gasteiger partial charge >= 0.3 is 0 Å². The van der Waals surface area contributed by atoms with Gasteiger partial charge < -0.3 is 10.6 Å². The number of guanidine groups is 1. The highest BCUT2D eigenvalue weighted by molar-refractivity contribution is 14.0. The van der Waals surface area contributed by atoms with Gasteiger partial charge in [0, 0.05) is 24.4 Å². The zero-order chi connectivity index (χ0) is 14.9. The lowest BCUT2D eigenvalue weighted by atomic mass is 10.2. The molecule has 2 aliphatic rings. The van der Waals surface area contributed by atoms with Crippen molar-refractivity contribution in [2.24, 2.45) is 4.99 Å². The van der Waals surface area contributed by atoms with Gasteiger partial charge in [-0.15, -0.1) is 24.0 Å². The monoisotopic (exact) mass is 440 g/mol. The molecule has 0 amide bonds. The summed E-state index contributed by atoms with van der Waals surface area (Å²) in [7, 11) is 0. The molecule has 2 atom stereocenters. The molecule has 0 saturated carbocycles. The Hall–Kier alpha value is 0.310. The second kappa shape index (κ2) is 11.8. The highest BCUT2D eigenvalue weighted by atomic mass is 127. The van der Waals surface area contributed by atoms with Gasteiger partial charge in [-0.2, -0.15) is 11.8 Å². The SMILES string of the molecule is CCNC(=NCC(CC)N1CCCC1)NCC1CCCS1.I. The van der Waals surface area contributed by atoms with E-state index in [-0.39, 0.29) is 24.0 Å². The molecule has 0 aromatic heterocycles. The first-order valence-electron chi connectivity index (χ1n) is 8.71. The van der Waals surface area contributed by atoms with Crippen LogP contribution in [0.25, 0.3) is 0 Å². The Labute approximate surface area is 157 Å². The van der Waals surface area contributed by atoms with Crippen LogP contribution >= 0.6 is 35.7 Å². The fraction of sp³-hybridized carbons (Fsp3) is 0.938. The van der Waals surface area contributed by atoms with Crippen molar-refractivity contribution in [2.45, 2.75) is 57.2 Å². The van der Waals surface area contributed by atoms with Crippen LogP contribution in [0.3, 0.4) is 0 Å². The van der Waals surface area contributed by atoms with Gasteiger partial charge in [-0.1, -0.05) is 6.92 Å². The number of hydrogen-bond acceptors (Lipinski definition) is 3. The minimum atomic E-state index is 0. The number of aliphatic imine (C=N–C) groups is 1. The number of likely N-dealkylation sites (tertiary alicyclic amines) is 1. The zero-order valence-electron chi connectivity index (χ0n) is 14.1. The fourth-order valence-corrected chi connectivity index (χ4v) is 4.36. The van der Waals surface area contributed by atoms with Crippen molar-refractivity contribution in [3.05, 3.63) is 0 Å². The minimum Gasteiger partial charge on any atom is -0.357 e. The lowest BCUT2D eigenvalue weighted by molar-refractivity contribution is 0.242. The molecule has 2 saturated heterocycles. The van der Waals surface area contributed by atoms with Gasteiger partial charge in [0.05, 0.1) is 6.54 Å². The van der Waals surface area contributed by atoms with Crippen LogP contribution in [0.4, 0.5) is 0 Å². The minimum absolute atomic E-state index is 0. The lowest BCUT2D eigenvalue weighted by Gasteiger charge is -2.25. The molecular formula is C16H33IN4S. The Kier molecular flexibility index (Phi) is 10.9. The molecule has 0 bridgehead atoms. The van der Waals surface area contributed by atoms with E-state index < -0.39 is 0 Å². The van der Waals surface area contributed by atoms with Crippen molar-refractivity contribution >= 4 is 41.7 Å². The van der Waals surface area contributed by atoms with Crippen molar-refractivity contribution in [3.8, 4) is 0 Å². The van der Waals surface area contributed by atoms with Crippen LogP contribution in [-0.2, 0) is 0 Å². The zero-order valence-corrected chi connectivity index (χ0v) is 17.3. The molecule has 2 fully saturated rings. The molecule has 2 N–H and O–H groups in total. The Morgan fingerprint density at radius 2 is 2.00 bits per heavy atom. The van der Waals surface area contributed by atoms with E-state index in [1.54, 1.807) is 0 Å². The predicted molar refractivity (Wildman–Crippen MR) is 110 cm³/mol. The molecule has 2 rings (SSSR count). The maximum Gasteiger partial charge on any atom is 0.191 e. The molecule has 0 spiro atoms. The number of rotatable bonds is 7. The molecule has 22 heavy (non-hydrogen) atoms. The molecular weight excluding hydrogens is 407 g/mol. The van der Waals surface area contributed by atoms with E-state index in [2.05, 4.69) is 41.1 Å². The van der Waals surface area contributed by atoms with Gasteiger partial charge in [-0.25, -0.2) is 0 Å². The first kappa shape index (κ1) is 20.4. The summed E-state index contributed by atoms with van der Waals surface area (Å²) in [6, 6.07) is 0.615. The van der Waals surface area contributed by atoms with Crippen molar-refractivity contribution in [3.63, 3.8) is 0 Å². The largest absolute Gasteiger partial charge is 0.357 e. The first-order chi connectivity index (χ1) is 10.3. The number of thioether (sulfide) groups is 1. The molecule has 0 aliphatic carbocycles. The van der Waals surface area contributed by atoms with Crippen LogP contribution in [-0.4, -0.2) is 60.6 Å². The van der Waals surface area contributed by atoms with Gasteiger partial charge in [-0.3, -0.25) is 9.89 Å². The number of nitrogens with zero attached hydrogens (tertiary/aromatic N) is 2. The summed E-state index contributed by atoms with van der Waals surface area (Å²) in [5.41, 5.74) is 0.